The van der Waals surface area contributed by atoms with E-state index in [0.29, 0.717) is 37.2 Å². The lowest BCUT2D eigenvalue weighted by atomic mass is 10.0. The van der Waals surface area contributed by atoms with E-state index in [4.69, 9.17) is 4.74 Å². The van der Waals surface area contributed by atoms with E-state index in [1.807, 2.05) is 0 Å². The molecule has 0 atom stereocenters. The fraction of sp³-hybridized carbons (Fsp3) is 0.550. The number of piperidine rings is 1. The molecule has 10 nitrogen and oxygen atoms in total. The number of hydrogen-bond donors (Lipinski definition) is 3. The third kappa shape index (κ3) is 8.83. The molecule has 0 bridgehead atoms. The maximum absolute atomic E-state index is 12.7. The summed E-state index contributed by atoms with van der Waals surface area (Å²) in [5, 5.41) is 5.27. The summed E-state index contributed by atoms with van der Waals surface area (Å²) in [4.78, 5) is 38.0. The highest BCUT2D eigenvalue weighted by atomic mass is 32.2. The Bertz CT molecular complexity index is 901. The van der Waals surface area contributed by atoms with Gasteiger partial charge in [-0.05, 0) is 57.9 Å². The number of anilines is 1. The Labute approximate surface area is 182 Å². The molecule has 0 radical (unpaired) electrons. The Balaban J connectivity index is 1.77. The maximum atomic E-state index is 12.7. The summed E-state index contributed by atoms with van der Waals surface area (Å²) in [7, 11) is -3.37. The SMILES string of the molecule is CC(C)(C)OC(=O)NCC(=O)NC1CCN(C(=O)c2ccc(NS(C)(=O)=O)cc2)CC1. The number of carbonyl (C=O) groups is 3. The molecule has 0 aromatic heterocycles. The summed E-state index contributed by atoms with van der Waals surface area (Å²) in [5.41, 5.74) is 0.216. The first-order valence-corrected chi connectivity index (χ1v) is 11.8. The quantitative estimate of drug-likeness (QED) is 0.593. The van der Waals surface area contributed by atoms with Crippen molar-refractivity contribution in [2.75, 3.05) is 30.6 Å². The standard InChI is InChI=1S/C20H30N4O6S/c1-20(2,3)30-19(27)21-13-17(25)22-15-9-11-24(12-10-15)18(26)14-5-7-16(8-6-14)23-31(4,28)29/h5-8,15,23H,9-13H2,1-4H3,(H,21,27)(H,22,25). The van der Waals surface area contributed by atoms with Crippen LogP contribution in [0.2, 0.25) is 0 Å². The van der Waals surface area contributed by atoms with E-state index >= 15 is 0 Å². The lowest BCUT2D eigenvalue weighted by Gasteiger charge is -2.32. The highest BCUT2D eigenvalue weighted by Crippen LogP contribution is 2.16. The van der Waals surface area contributed by atoms with Crippen LogP contribution in [-0.2, 0) is 19.6 Å². The van der Waals surface area contributed by atoms with E-state index in [1.165, 1.54) is 0 Å². The van der Waals surface area contributed by atoms with Crippen molar-refractivity contribution in [1.82, 2.24) is 15.5 Å². The summed E-state index contributed by atoms with van der Waals surface area (Å²) in [6.07, 6.45) is 1.60. The van der Waals surface area contributed by atoms with Crippen molar-refractivity contribution in [2.24, 2.45) is 0 Å². The summed E-state index contributed by atoms with van der Waals surface area (Å²) in [6.45, 7) is 5.99. The molecule has 0 saturated carbocycles. The number of ether oxygens (including phenoxy) is 1. The van der Waals surface area contributed by atoms with Gasteiger partial charge in [-0.15, -0.1) is 0 Å². The number of rotatable bonds is 6. The topological polar surface area (TPSA) is 134 Å². The predicted octanol–water partition coefficient (Wildman–Crippen LogP) is 1.30. The number of benzene rings is 1. The maximum Gasteiger partial charge on any atom is 0.408 e. The van der Waals surface area contributed by atoms with Gasteiger partial charge in [0.15, 0.2) is 0 Å². The van der Waals surface area contributed by atoms with Gasteiger partial charge in [0.05, 0.1) is 6.26 Å². The molecule has 0 spiro atoms. The van der Waals surface area contributed by atoms with Crippen LogP contribution in [0.4, 0.5) is 10.5 Å². The first-order chi connectivity index (χ1) is 14.3. The largest absolute Gasteiger partial charge is 0.444 e. The number of carbonyl (C=O) groups excluding carboxylic acids is 3. The Morgan fingerprint density at radius 3 is 2.19 bits per heavy atom. The predicted molar refractivity (Wildman–Crippen MR) is 116 cm³/mol. The molecule has 0 unspecified atom stereocenters. The molecule has 3 N–H and O–H groups in total. The van der Waals surface area contributed by atoms with Gasteiger partial charge in [-0.25, -0.2) is 13.2 Å². The first kappa shape index (κ1) is 24.4. The summed E-state index contributed by atoms with van der Waals surface area (Å²) in [5.74, 6) is -0.466. The van der Waals surface area contributed by atoms with Crippen LogP contribution in [0.5, 0.6) is 0 Å². The van der Waals surface area contributed by atoms with Crippen LogP contribution in [0, 0.1) is 0 Å². The number of nitrogens with one attached hydrogen (secondary N) is 3. The van der Waals surface area contributed by atoms with Crippen LogP contribution in [-0.4, -0.2) is 68.8 Å². The van der Waals surface area contributed by atoms with Crippen molar-refractivity contribution in [3.8, 4) is 0 Å². The molecule has 0 aliphatic carbocycles. The average molecular weight is 455 g/mol. The van der Waals surface area contributed by atoms with Gasteiger partial charge in [-0.1, -0.05) is 0 Å². The first-order valence-electron chi connectivity index (χ1n) is 9.96. The Hall–Kier alpha value is -2.82. The second kappa shape index (κ2) is 9.99. The van der Waals surface area contributed by atoms with E-state index < -0.39 is 21.7 Å². The number of alkyl carbamates (subject to hydrolysis) is 1. The van der Waals surface area contributed by atoms with Crippen LogP contribution >= 0.6 is 0 Å². The van der Waals surface area contributed by atoms with Crippen molar-refractivity contribution < 1.29 is 27.5 Å². The van der Waals surface area contributed by atoms with Crippen LogP contribution in [0.1, 0.15) is 44.0 Å². The number of hydrogen-bond acceptors (Lipinski definition) is 6. The molecule has 11 heteroatoms. The van der Waals surface area contributed by atoms with Crippen LogP contribution in [0.3, 0.4) is 0 Å². The summed E-state index contributed by atoms with van der Waals surface area (Å²) >= 11 is 0. The molecule has 1 aliphatic rings. The van der Waals surface area contributed by atoms with Crippen LogP contribution < -0.4 is 15.4 Å². The van der Waals surface area contributed by atoms with E-state index in [1.54, 1.807) is 49.9 Å². The smallest absolute Gasteiger partial charge is 0.408 e. The molecule has 1 saturated heterocycles. The van der Waals surface area contributed by atoms with Crippen molar-refractivity contribution >= 4 is 33.6 Å². The molecule has 3 amide bonds. The zero-order chi connectivity index (χ0) is 23.2. The Morgan fingerprint density at radius 1 is 1.10 bits per heavy atom. The molecular formula is C20H30N4O6S. The normalized spacial score (nSPS) is 15.2. The van der Waals surface area contributed by atoms with Crippen molar-refractivity contribution in [3.05, 3.63) is 29.8 Å². The van der Waals surface area contributed by atoms with Gasteiger partial charge in [0, 0.05) is 30.4 Å². The van der Waals surface area contributed by atoms with Gasteiger partial charge in [0.2, 0.25) is 15.9 Å². The number of likely N-dealkylation sites (tertiary alicyclic amines) is 1. The molecule has 1 aliphatic heterocycles. The molecule has 172 valence electrons. The highest BCUT2D eigenvalue weighted by Gasteiger charge is 2.25. The van der Waals surface area contributed by atoms with Crippen LogP contribution in [0.25, 0.3) is 0 Å². The molecule has 2 rings (SSSR count). The third-order valence-corrected chi connectivity index (χ3v) is 4.98. The summed E-state index contributed by atoms with van der Waals surface area (Å²) < 4.78 is 30.0. The third-order valence-electron chi connectivity index (χ3n) is 4.37. The fourth-order valence-corrected chi connectivity index (χ4v) is 3.61. The van der Waals surface area contributed by atoms with Crippen molar-refractivity contribution in [3.63, 3.8) is 0 Å². The molecule has 1 aromatic rings. The molecule has 31 heavy (non-hydrogen) atoms. The van der Waals surface area contributed by atoms with Gasteiger partial charge < -0.3 is 20.3 Å². The number of amides is 3. The number of nitrogens with zero attached hydrogens (tertiary/aromatic N) is 1. The Morgan fingerprint density at radius 2 is 1.68 bits per heavy atom. The zero-order valence-electron chi connectivity index (χ0n) is 18.2. The van der Waals surface area contributed by atoms with E-state index in [9.17, 15) is 22.8 Å². The molecule has 1 heterocycles. The van der Waals surface area contributed by atoms with Gasteiger partial charge >= 0.3 is 6.09 Å². The molecule has 1 aromatic carbocycles. The number of sulfonamides is 1. The minimum Gasteiger partial charge on any atom is -0.444 e. The van der Waals surface area contributed by atoms with Crippen molar-refractivity contribution in [1.29, 1.82) is 0 Å². The fourth-order valence-electron chi connectivity index (χ4n) is 3.05. The lowest BCUT2D eigenvalue weighted by Crippen LogP contribution is -2.49. The zero-order valence-corrected chi connectivity index (χ0v) is 19.0. The minimum absolute atomic E-state index is 0.0849. The van der Waals surface area contributed by atoms with Gasteiger partial charge in [0.1, 0.15) is 12.1 Å². The van der Waals surface area contributed by atoms with E-state index in [0.717, 1.165) is 6.26 Å². The van der Waals surface area contributed by atoms with E-state index in [-0.39, 0.29) is 24.4 Å². The molecular weight excluding hydrogens is 424 g/mol. The monoisotopic (exact) mass is 454 g/mol. The molecule has 1 fully saturated rings. The second-order valence-electron chi connectivity index (χ2n) is 8.44. The van der Waals surface area contributed by atoms with E-state index in [2.05, 4.69) is 15.4 Å². The van der Waals surface area contributed by atoms with Gasteiger partial charge in [-0.3, -0.25) is 14.3 Å². The Kier molecular flexibility index (Phi) is 7.88. The van der Waals surface area contributed by atoms with Crippen molar-refractivity contribution in [2.45, 2.75) is 45.3 Å². The highest BCUT2D eigenvalue weighted by molar-refractivity contribution is 7.92. The van der Waals surface area contributed by atoms with Crippen LogP contribution in [0.15, 0.2) is 24.3 Å². The average Bonchev–Trinajstić information content (AvgIpc) is 2.64. The minimum atomic E-state index is -3.37. The lowest BCUT2D eigenvalue weighted by molar-refractivity contribution is -0.121. The second-order valence-corrected chi connectivity index (χ2v) is 10.2. The van der Waals surface area contributed by atoms with Gasteiger partial charge in [-0.2, -0.15) is 0 Å². The summed E-state index contributed by atoms with van der Waals surface area (Å²) in [6, 6.07) is 6.15. The van der Waals surface area contributed by atoms with Gasteiger partial charge in [0.25, 0.3) is 5.91 Å².